The van der Waals surface area contributed by atoms with Crippen molar-refractivity contribution in [2.24, 2.45) is 0 Å². The van der Waals surface area contributed by atoms with Gasteiger partial charge in [0.25, 0.3) is 0 Å². The third-order valence-electron chi connectivity index (χ3n) is 1.66. The van der Waals surface area contributed by atoms with Gasteiger partial charge in [0.05, 0.1) is 6.61 Å². The topological polar surface area (TPSA) is 38.3 Å². The van der Waals surface area contributed by atoms with E-state index in [1.165, 1.54) is 0 Å². The zero-order valence-corrected chi connectivity index (χ0v) is 8.51. The molecule has 0 radical (unpaired) electrons. The minimum Gasteiger partial charge on any atom is -0.465 e. The van der Waals surface area contributed by atoms with Gasteiger partial charge in [-0.1, -0.05) is 19.4 Å². The van der Waals surface area contributed by atoms with Crippen molar-refractivity contribution in [2.75, 3.05) is 13.2 Å². The number of nitrogens with one attached hydrogen (secondary N) is 1. The molecule has 3 nitrogen and oxygen atoms in total. The third-order valence-corrected chi connectivity index (χ3v) is 1.66. The summed E-state index contributed by atoms with van der Waals surface area (Å²) in [6.07, 6.45) is 3.52. The number of ether oxygens (including phenoxy) is 1. The average molecular weight is 185 g/mol. The second kappa shape index (κ2) is 7.80. The lowest BCUT2D eigenvalue weighted by atomic mass is 10.1. The highest BCUT2D eigenvalue weighted by molar-refractivity contribution is 5.75. The van der Waals surface area contributed by atoms with E-state index in [1.807, 2.05) is 13.8 Å². The van der Waals surface area contributed by atoms with Crippen molar-refractivity contribution >= 4 is 5.97 Å². The first kappa shape index (κ1) is 12.2. The molecule has 13 heavy (non-hydrogen) atoms. The molecule has 0 aromatic rings. The highest BCUT2D eigenvalue weighted by Gasteiger charge is 2.16. The molecule has 0 aliphatic heterocycles. The van der Waals surface area contributed by atoms with Gasteiger partial charge >= 0.3 is 5.97 Å². The van der Waals surface area contributed by atoms with Crippen LogP contribution in [0.25, 0.3) is 0 Å². The van der Waals surface area contributed by atoms with Crippen molar-refractivity contribution in [3.8, 4) is 0 Å². The third kappa shape index (κ3) is 5.42. The lowest BCUT2D eigenvalue weighted by molar-refractivity contribution is -0.145. The number of hydrogen-bond donors (Lipinski definition) is 1. The Labute approximate surface area is 80.2 Å². The van der Waals surface area contributed by atoms with Crippen LogP contribution in [0.15, 0.2) is 12.7 Å². The maximum atomic E-state index is 11.3. The SMILES string of the molecule is C=CCNC(CCC)C(=O)OCC. The fourth-order valence-corrected chi connectivity index (χ4v) is 1.06. The van der Waals surface area contributed by atoms with Gasteiger partial charge in [0, 0.05) is 6.54 Å². The summed E-state index contributed by atoms with van der Waals surface area (Å²) in [5, 5.41) is 3.06. The number of carbonyl (C=O) groups is 1. The van der Waals surface area contributed by atoms with Crippen molar-refractivity contribution in [2.45, 2.75) is 32.7 Å². The minimum atomic E-state index is -0.178. The summed E-state index contributed by atoms with van der Waals surface area (Å²) in [7, 11) is 0. The molecule has 0 amide bonds. The van der Waals surface area contributed by atoms with E-state index in [1.54, 1.807) is 6.08 Å². The molecule has 1 unspecified atom stereocenters. The number of esters is 1. The van der Waals surface area contributed by atoms with Crippen LogP contribution in [-0.4, -0.2) is 25.2 Å². The predicted octanol–water partition coefficient (Wildman–Crippen LogP) is 1.49. The summed E-state index contributed by atoms with van der Waals surface area (Å²) in [6, 6.07) is -0.178. The van der Waals surface area contributed by atoms with Crippen LogP contribution in [0.4, 0.5) is 0 Å². The molecule has 0 rings (SSSR count). The molecule has 0 fully saturated rings. The normalized spacial score (nSPS) is 12.2. The second-order valence-electron chi connectivity index (χ2n) is 2.79. The summed E-state index contributed by atoms with van der Waals surface area (Å²) in [6.45, 7) is 8.52. The molecule has 0 saturated heterocycles. The smallest absolute Gasteiger partial charge is 0.323 e. The molecule has 0 saturated carbocycles. The zero-order valence-electron chi connectivity index (χ0n) is 8.51. The molecule has 0 aliphatic rings. The molecule has 0 aromatic carbocycles. The lowest BCUT2D eigenvalue weighted by Crippen LogP contribution is -2.38. The van der Waals surface area contributed by atoms with Crippen molar-refractivity contribution < 1.29 is 9.53 Å². The molecule has 0 aromatic heterocycles. The van der Waals surface area contributed by atoms with Crippen LogP contribution in [-0.2, 0) is 9.53 Å². The maximum absolute atomic E-state index is 11.3. The van der Waals surface area contributed by atoms with E-state index < -0.39 is 0 Å². The molecular formula is C10H19NO2. The van der Waals surface area contributed by atoms with Crippen molar-refractivity contribution in [3.63, 3.8) is 0 Å². The van der Waals surface area contributed by atoms with Gasteiger partial charge in [-0.3, -0.25) is 4.79 Å². The van der Waals surface area contributed by atoms with Crippen LogP contribution in [0.3, 0.4) is 0 Å². The fraction of sp³-hybridized carbons (Fsp3) is 0.700. The summed E-state index contributed by atoms with van der Waals surface area (Å²) in [5.74, 6) is -0.161. The molecular weight excluding hydrogens is 166 g/mol. The first-order chi connectivity index (χ1) is 6.26. The molecule has 0 spiro atoms. The first-order valence-corrected chi connectivity index (χ1v) is 4.77. The molecule has 0 aliphatic carbocycles. The molecule has 0 bridgehead atoms. The van der Waals surface area contributed by atoms with Crippen LogP contribution < -0.4 is 5.32 Å². The number of rotatable bonds is 7. The Bertz CT molecular complexity index is 157. The fourth-order valence-electron chi connectivity index (χ4n) is 1.06. The largest absolute Gasteiger partial charge is 0.465 e. The van der Waals surface area contributed by atoms with E-state index in [-0.39, 0.29) is 12.0 Å². The highest BCUT2D eigenvalue weighted by atomic mass is 16.5. The Morgan fingerprint density at radius 1 is 1.62 bits per heavy atom. The summed E-state index contributed by atoms with van der Waals surface area (Å²) in [5.41, 5.74) is 0. The van der Waals surface area contributed by atoms with Gasteiger partial charge in [-0.2, -0.15) is 0 Å². The first-order valence-electron chi connectivity index (χ1n) is 4.77. The number of hydrogen-bond acceptors (Lipinski definition) is 3. The van der Waals surface area contributed by atoms with Gasteiger partial charge in [0.1, 0.15) is 6.04 Å². The van der Waals surface area contributed by atoms with E-state index in [0.29, 0.717) is 13.2 Å². The summed E-state index contributed by atoms with van der Waals surface area (Å²) < 4.78 is 4.92. The van der Waals surface area contributed by atoms with Gasteiger partial charge in [-0.05, 0) is 13.3 Å². The van der Waals surface area contributed by atoms with E-state index in [0.717, 1.165) is 12.8 Å². The maximum Gasteiger partial charge on any atom is 0.323 e. The standard InChI is InChI=1S/C10H19NO2/c1-4-7-9(11-8-5-2)10(12)13-6-3/h5,9,11H,2,4,6-8H2,1,3H3. The van der Waals surface area contributed by atoms with Gasteiger partial charge in [-0.25, -0.2) is 0 Å². The van der Waals surface area contributed by atoms with Gasteiger partial charge < -0.3 is 10.1 Å². The Hall–Kier alpha value is -0.830. The van der Waals surface area contributed by atoms with Crippen LogP contribution in [0, 0.1) is 0 Å². The Kier molecular flexibility index (Phi) is 7.30. The monoisotopic (exact) mass is 185 g/mol. The molecule has 3 heteroatoms. The quantitative estimate of drug-likeness (QED) is 0.482. The van der Waals surface area contributed by atoms with Crippen LogP contribution in [0.5, 0.6) is 0 Å². The Balaban J connectivity index is 3.90. The highest BCUT2D eigenvalue weighted by Crippen LogP contribution is 1.99. The summed E-state index contributed by atoms with van der Waals surface area (Å²) in [4.78, 5) is 11.3. The minimum absolute atomic E-state index is 0.161. The second-order valence-corrected chi connectivity index (χ2v) is 2.79. The molecule has 1 atom stereocenters. The molecule has 1 N–H and O–H groups in total. The van der Waals surface area contributed by atoms with Crippen LogP contribution >= 0.6 is 0 Å². The lowest BCUT2D eigenvalue weighted by Gasteiger charge is -2.14. The summed E-state index contributed by atoms with van der Waals surface area (Å²) >= 11 is 0. The van der Waals surface area contributed by atoms with E-state index in [4.69, 9.17) is 4.74 Å². The Morgan fingerprint density at radius 3 is 2.77 bits per heavy atom. The van der Waals surface area contributed by atoms with Crippen molar-refractivity contribution in [1.29, 1.82) is 0 Å². The number of carbonyl (C=O) groups excluding carboxylic acids is 1. The van der Waals surface area contributed by atoms with Crippen molar-refractivity contribution in [3.05, 3.63) is 12.7 Å². The molecule has 0 heterocycles. The Morgan fingerprint density at radius 2 is 2.31 bits per heavy atom. The van der Waals surface area contributed by atoms with Crippen LogP contribution in [0.1, 0.15) is 26.7 Å². The van der Waals surface area contributed by atoms with Crippen LogP contribution in [0.2, 0.25) is 0 Å². The zero-order chi connectivity index (χ0) is 10.1. The average Bonchev–Trinajstić information content (AvgIpc) is 2.12. The van der Waals surface area contributed by atoms with Gasteiger partial charge in [0.15, 0.2) is 0 Å². The van der Waals surface area contributed by atoms with Gasteiger partial charge in [0.2, 0.25) is 0 Å². The van der Waals surface area contributed by atoms with E-state index >= 15 is 0 Å². The predicted molar refractivity (Wildman–Crippen MR) is 53.5 cm³/mol. The van der Waals surface area contributed by atoms with Gasteiger partial charge in [-0.15, -0.1) is 6.58 Å². The molecule has 76 valence electrons. The van der Waals surface area contributed by atoms with E-state index in [2.05, 4.69) is 11.9 Å². The van der Waals surface area contributed by atoms with E-state index in [9.17, 15) is 4.79 Å². The van der Waals surface area contributed by atoms with Crippen molar-refractivity contribution in [1.82, 2.24) is 5.32 Å².